The van der Waals surface area contributed by atoms with Crippen molar-refractivity contribution in [1.82, 2.24) is 24.5 Å². The molecule has 1 aliphatic rings. The van der Waals surface area contributed by atoms with Crippen molar-refractivity contribution in [2.75, 3.05) is 31.6 Å². The average Bonchev–Trinajstić information content (AvgIpc) is 3.30. The van der Waals surface area contributed by atoms with E-state index in [1.165, 1.54) is 6.92 Å². The summed E-state index contributed by atoms with van der Waals surface area (Å²) in [5.74, 6) is 6.42. The lowest BCUT2D eigenvalue weighted by molar-refractivity contribution is -0.114. The second-order valence-electron chi connectivity index (χ2n) is 7.97. The Kier molecular flexibility index (Phi) is 6.20. The summed E-state index contributed by atoms with van der Waals surface area (Å²) in [5, 5.41) is 7.36. The smallest absolute Gasteiger partial charge is 0.254 e. The van der Waals surface area contributed by atoms with Crippen LogP contribution < -0.4 is 5.32 Å². The highest BCUT2D eigenvalue weighted by atomic mass is 16.5. The van der Waals surface area contributed by atoms with Crippen molar-refractivity contribution in [3.8, 4) is 23.1 Å². The fourth-order valence-electron chi connectivity index (χ4n) is 3.74. The number of hydrogen-bond donors (Lipinski definition) is 1. The van der Waals surface area contributed by atoms with Gasteiger partial charge in [-0.3, -0.25) is 9.59 Å². The maximum absolute atomic E-state index is 12.7. The Balaban J connectivity index is 1.39. The molecule has 9 heteroatoms. The first-order valence-corrected chi connectivity index (χ1v) is 11.1. The number of carbonyl (C=O) groups excluding carboxylic acids is 2. The molecule has 35 heavy (non-hydrogen) atoms. The van der Waals surface area contributed by atoms with Crippen LogP contribution in [0.25, 0.3) is 16.9 Å². The summed E-state index contributed by atoms with van der Waals surface area (Å²) in [6.45, 7) is 3.79. The molecule has 4 aromatic rings. The van der Waals surface area contributed by atoms with Crippen LogP contribution in [0.3, 0.4) is 0 Å². The van der Waals surface area contributed by atoms with E-state index in [0.717, 1.165) is 11.3 Å². The van der Waals surface area contributed by atoms with E-state index < -0.39 is 0 Å². The van der Waals surface area contributed by atoms with Gasteiger partial charge in [-0.05, 0) is 42.3 Å². The number of fused-ring (bicyclic) bond motifs is 1. The van der Waals surface area contributed by atoms with E-state index in [1.54, 1.807) is 33.9 Å². The zero-order valence-electron chi connectivity index (χ0n) is 19.1. The van der Waals surface area contributed by atoms with Crippen molar-refractivity contribution < 1.29 is 14.3 Å². The first kappa shape index (κ1) is 22.3. The molecule has 0 unspecified atom stereocenters. The highest BCUT2D eigenvalue weighted by molar-refractivity contribution is 5.94. The van der Waals surface area contributed by atoms with Crippen LogP contribution in [0.5, 0.6) is 0 Å². The van der Waals surface area contributed by atoms with Gasteiger partial charge in [0.05, 0.1) is 25.1 Å². The van der Waals surface area contributed by atoms with Crippen molar-refractivity contribution in [2.45, 2.75) is 6.92 Å². The van der Waals surface area contributed by atoms with Gasteiger partial charge in [0.15, 0.2) is 5.65 Å². The molecule has 1 fully saturated rings. The number of nitrogens with zero attached hydrogens (tertiary/aromatic N) is 5. The predicted molar refractivity (Wildman–Crippen MR) is 130 cm³/mol. The van der Waals surface area contributed by atoms with Crippen molar-refractivity contribution >= 4 is 23.3 Å². The van der Waals surface area contributed by atoms with Crippen molar-refractivity contribution in [1.29, 1.82) is 0 Å². The van der Waals surface area contributed by atoms with Gasteiger partial charge in [0, 0.05) is 42.9 Å². The number of pyridine rings is 1. The van der Waals surface area contributed by atoms with E-state index in [4.69, 9.17) is 9.84 Å². The topological polar surface area (TPSA) is 102 Å². The molecule has 0 aliphatic carbocycles. The number of morpholine rings is 1. The molecule has 174 valence electrons. The Morgan fingerprint density at radius 2 is 1.80 bits per heavy atom. The third kappa shape index (κ3) is 5.03. The molecular formula is C26H22N6O3. The minimum Gasteiger partial charge on any atom is -0.378 e. The molecule has 0 spiro atoms. The minimum atomic E-state index is -0.195. The Hall–Kier alpha value is -4.55. The molecule has 9 nitrogen and oxygen atoms in total. The number of benzene rings is 1. The number of rotatable bonds is 3. The van der Waals surface area contributed by atoms with E-state index in [9.17, 15) is 9.59 Å². The third-order valence-corrected chi connectivity index (χ3v) is 5.49. The SMILES string of the molecule is CC(=O)Nc1cc(C#Cc2cnc3ccc(-c4ccc(C(=O)N5CCOCC5)cc4)nn23)ccn1. The Labute approximate surface area is 201 Å². The average molecular weight is 467 g/mol. The molecule has 0 saturated carbocycles. The Morgan fingerprint density at radius 3 is 2.57 bits per heavy atom. The van der Waals surface area contributed by atoms with E-state index >= 15 is 0 Å². The minimum absolute atomic E-state index is 0.00760. The van der Waals surface area contributed by atoms with Gasteiger partial charge in [0.2, 0.25) is 5.91 Å². The number of nitrogens with one attached hydrogen (secondary N) is 1. The molecule has 1 saturated heterocycles. The Bertz CT molecular complexity index is 1460. The van der Waals surface area contributed by atoms with Gasteiger partial charge in [-0.25, -0.2) is 14.5 Å². The zero-order valence-corrected chi connectivity index (χ0v) is 19.1. The highest BCUT2D eigenvalue weighted by Gasteiger charge is 2.18. The molecule has 1 aromatic carbocycles. The van der Waals surface area contributed by atoms with Gasteiger partial charge in [-0.2, -0.15) is 5.10 Å². The van der Waals surface area contributed by atoms with Crippen molar-refractivity contribution in [3.05, 3.63) is 77.7 Å². The molecule has 0 atom stereocenters. The highest BCUT2D eigenvalue weighted by Crippen LogP contribution is 2.20. The quantitative estimate of drug-likeness (QED) is 0.466. The normalized spacial score (nSPS) is 13.2. The largest absolute Gasteiger partial charge is 0.378 e. The molecule has 4 heterocycles. The van der Waals surface area contributed by atoms with Crippen LogP contribution >= 0.6 is 0 Å². The lowest BCUT2D eigenvalue weighted by Crippen LogP contribution is -2.40. The van der Waals surface area contributed by atoms with Gasteiger partial charge in [-0.15, -0.1) is 0 Å². The number of hydrogen-bond acceptors (Lipinski definition) is 6. The summed E-state index contributed by atoms with van der Waals surface area (Å²) in [5.41, 5.74) is 4.26. The van der Waals surface area contributed by atoms with Crippen molar-refractivity contribution in [2.24, 2.45) is 0 Å². The first-order valence-electron chi connectivity index (χ1n) is 11.1. The van der Waals surface area contributed by atoms with Crippen LogP contribution in [0.1, 0.15) is 28.5 Å². The molecule has 1 aliphatic heterocycles. The number of anilines is 1. The van der Waals surface area contributed by atoms with E-state index in [-0.39, 0.29) is 11.8 Å². The van der Waals surface area contributed by atoms with Crippen LogP contribution in [0, 0.1) is 11.8 Å². The molecule has 1 N–H and O–H groups in total. The molecule has 5 rings (SSSR count). The molecule has 3 aromatic heterocycles. The summed E-state index contributed by atoms with van der Waals surface area (Å²) in [7, 11) is 0. The summed E-state index contributed by atoms with van der Waals surface area (Å²) in [6, 6.07) is 14.7. The fraction of sp³-hybridized carbons (Fsp3) is 0.192. The van der Waals surface area contributed by atoms with E-state index in [1.807, 2.05) is 36.4 Å². The molecule has 0 radical (unpaired) electrons. The summed E-state index contributed by atoms with van der Waals surface area (Å²) in [6.07, 6.45) is 3.26. The monoisotopic (exact) mass is 466 g/mol. The lowest BCUT2D eigenvalue weighted by Gasteiger charge is -2.26. The van der Waals surface area contributed by atoms with Gasteiger partial charge < -0.3 is 15.0 Å². The number of amides is 2. The maximum Gasteiger partial charge on any atom is 0.254 e. The second-order valence-corrected chi connectivity index (χ2v) is 7.97. The van der Waals surface area contributed by atoms with Crippen LogP contribution in [0.2, 0.25) is 0 Å². The van der Waals surface area contributed by atoms with Crippen LogP contribution in [-0.4, -0.2) is 62.6 Å². The maximum atomic E-state index is 12.7. The fourth-order valence-corrected chi connectivity index (χ4v) is 3.74. The van der Waals surface area contributed by atoms with Gasteiger partial charge >= 0.3 is 0 Å². The summed E-state index contributed by atoms with van der Waals surface area (Å²) in [4.78, 5) is 34.2. The number of imidazole rings is 1. The summed E-state index contributed by atoms with van der Waals surface area (Å²) >= 11 is 0. The van der Waals surface area contributed by atoms with Gasteiger partial charge in [0.1, 0.15) is 11.5 Å². The van der Waals surface area contributed by atoms with Gasteiger partial charge in [0.25, 0.3) is 5.91 Å². The van der Waals surface area contributed by atoms with Crippen molar-refractivity contribution in [3.63, 3.8) is 0 Å². The second kappa shape index (κ2) is 9.75. The van der Waals surface area contributed by atoms with Crippen LogP contribution in [0.15, 0.2) is 60.9 Å². The Morgan fingerprint density at radius 1 is 1.00 bits per heavy atom. The molecule has 0 bridgehead atoms. The number of aromatic nitrogens is 4. The van der Waals surface area contributed by atoms with E-state index in [0.29, 0.717) is 54.6 Å². The molecular weight excluding hydrogens is 444 g/mol. The third-order valence-electron chi connectivity index (χ3n) is 5.49. The van der Waals surface area contributed by atoms with Crippen LogP contribution in [-0.2, 0) is 9.53 Å². The first-order chi connectivity index (χ1) is 17.1. The van der Waals surface area contributed by atoms with E-state index in [2.05, 4.69) is 27.1 Å². The lowest BCUT2D eigenvalue weighted by atomic mass is 10.1. The standard InChI is InChI=1S/C26H22N6O3/c1-18(33)29-24-16-19(10-11-27-24)2-7-22-17-28-25-9-8-23(30-32(22)25)20-3-5-21(6-4-20)26(34)31-12-14-35-15-13-31/h3-6,8-11,16-17H,12-15H2,1H3,(H,27,29,33). The molecule has 2 amide bonds. The van der Waals surface area contributed by atoms with Gasteiger partial charge in [-0.1, -0.05) is 18.1 Å². The predicted octanol–water partition coefficient (Wildman–Crippen LogP) is 2.62. The zero-order chi connectivity index (χ0) is 24.2. The number of carbonyl (C=O) groups is 2. The number of ether oxygens (including phenoxy) is 1. The van der Waals surface area contributed by atoms with Crippen LogP contribution in [0.4, 0.5) is 5.82 Å². The summed E-state index contributed by atoms with van der Waals surface area (Å²) < 4.78 is 7.01.